The Morgan fingerprint density at radius 2 is 1.66 bits per heavy atom. The summed E-state index contributed by atoms with van der Waals surface area (Å²) >= 11 is 0. The number of allylic oxidation sites excluding steroid dienone is 5. The molecule has 0 bridgehead atoms. The molecular weight excluding hydrogens is 440 g/mol. The first kappa shape index (κ1) is 22.7. The lowest BCUT2D eigenvalue weighted by molar-refractivity contribution is -0.125. The Morgan fingerprint density at radius 1 is 0.914 bits per heavy atom. The molecule has 1 aromatic carbocycles. The molecule has 1 N–H and O–H groups in total. The molecule has 2 aliphatic heterocycles. The van der Waals surface area contributed by atoms with Crippen molar-refractivity contribution in [2.75, 3.05) is 26.2 Å². The number of carbonyl (C=O) groups excluding carboxylic acids is 2. The molecule has 4 heterocycles. The second-order valence-corrected chi connectivity index (χ2v) is 9.31. The van der Waals surface area contributed by atoms with Crippen LogP contribution in [0.3, 0.4) is 0 Å². The van der Waals surface area contributed by atoms with Gasteiger partial charge in [0.1, 0.15) is 11.0 Å². The Labute approximate surface area is 204 Å². The summed E-state index contributed by atoms with van der Waals surface area (Å²) in [6, 6.07) is 11.2. The van der Waals surface area contributed by atoms with E-state index in [0.717, 1.165) is 22.4 Å². The fourth-order valence-corrected chi connectivity index (χ4v) is 4.80. The lowest BCUT2D eigenvalue weighted by Crippen LogP contribution is -2.35. The van der Waals surface area contributed by atoms with Gasteiger partial charge in [-0.3, -0.25) is 14.6 Å². The normalized spacial score (nSPS) is 20.7. The summed E-state index contributed by atoms with van der Waals surface area (Å²) in [7, 11) is 0. The van der Waals surface area contributed by atoms with Gasteiger partial charge in [0, 0.05) is 55.9 Å². The van der Waals surface area contributed by atoms with Gasteiger partial charge in [0.15, 0.2) is 0 Å². The number of aromatic nitrogens is 4. The van der Waals surface area contributed by atoms with Crippen molar-refractivity contribution in [1.29, 1.82) is 0 Å². The Kier molecular flexibility index (Phi) is 6.27. The smallest absolute Gasteiger partial charge is 0.253 e. The average Bonchev–Trinajstić information content (AvgIpc) is 3.60. The summed E-state index contributed by atoms with van der Waals surface area (Å²) in [5.41, 5.74) is 5.05. The minimum absolute atomic E-state index is 0.0110. The Bertz CT molecular complexity index is 1330. The van der Waals surface area contributed by atoms with E-state index in [0.29, 0.717) is 49.1 Å². The Balaban J connectivity index is 1.15. The predicted molar refractivity (Wildman–Crippen MR) is 134 cm³/mol. The van der Waals surface area contributed by atoms with E-state index in [1.807, 2.05) is 66.1 Å². The second kappa shape index (κ2) is 9.66. The number of benzene rings is 1. The fraction of sp³-hybridized carbons (Fsp3) is 0.296. The molecule has 2 atom stereocenters. The van der Waals surface area contributed by atoms with E-state index in [2.05, 4.69) is 20.4 Å². The minimum Gasteiger partial charge on any atom is -0.338 e. The first-order valence-corrected chi connectivity index (χ1v) is 11.8. The monoisotopic (exact) mass is 468 g/mol. The van der Waals surface area contributed by atoms with Crippen LogP contribution in [0.15, 0.2) is 72.5 Å². The largest absolute Gasteiger partial charge is 0.338 e. The third-order valence-corrected chi connectivity index (χ3v) is 6.80. The van der Waals surface area contributed by atoms with Gasteiger partial charge in [-0.25, -0.2) is 0 Å². The molecule has 5 rings (SSSR count). The van der Waals surface area contributed by atoms with Crippen molar-refractivity contribution in [2.24, 2.45) is 11.8 Å². The van der Waals surface area contributed by atoms with Gasteiger partial charge < -0.3 is 9.80 Å². The number of amides is 2. The van der Waals surface area contributed by atoms with Gasteiger partial charge in [0.2, 0.25) is 5.91 Å². The highest BCUT2D eigenvalue weighted by atomic mass is 16.2. The van der Waals surface area contributed by atoms with Crippen LogP contribution in [0.2, 0.25) is 0 Å². The maximum Gasteiger partial charge on any atom is 0.253 e. The molecule has 2 saturated heterocycles. The number of aromatic amines is 1. The van der Waals surface area contributed by atoms with E-state index >= 15 is 0 Å². The van der Waals surface area contributed by atoms with Gasteiger partial charge in [-0.05, 0) is 49.8 Å². The number of pyridine rings is 1. The van der Waals surface area contributed by atoms with Crippen molar-refractivity contribution in [3.63, 3.8) is 0 Å². The highest BCUT2D eigenvalue weighted by Crippen LogP contribution is 2.32. The quantitative estimate of drug-likeness (QED) is 0.457. The number of nitrogens with zero attached hydrogens (tertiary/aromatic N) is 5. The van der Waals surface area contributed by atoms with Crippen LogP contribution in [0.1, 0.15) is 29.9 Å². The molecule has 8 nitrogen and oxygen atoms in total. The zero-order valence-electron chi connectivity index (χ0n) is 19.9. The van der Waals surface area contributed by atoms with Crippen molar-refractivity contribution < 1.29 is 9.59 Å². The van der Waals surface area contributed by atoms with Crippen molar-refractivity contribution in [3.05, 3.63) is 83.7 Å². The summed E-state index contributed by atoms with van der Waals surface area (Å²) in [6.45, 7) is 6.70. The summed E-state index contributed by atoms with van der Waals surface area (Å²) < 4.78 is 0. The number of fused-ring (bicyclic) bond motifs is 2. The second-order valence-electron chi connectivity index (χ2n) is 9.31. The third kappa shape index (κ3) is 4.91. The zero-order chi connectivity index (χ0) is 24.4. The molecule has 35 heavy (non-hydrogen) atoms. The van der Waals surface area contributed by atoms with Gasteiger partial charge in [0.05, 0.1) is 5.69 Å². The lowest BCUT2D eigenvalue weighted by atomic mass is 10.0. The van der Waals surface area contributed by atoms with E-state index in [9.17, 15) is 9.59 Å². The number of nitrogens with one attached hydrogen (secondary N) is 1. The molecule has 0 aliphatic carbocycles. The SMILES string of the molecule is CC(/C=C/C(=O)N1C[C@@H]2CN(C(=O)c3ccc4n[nH]nc4c3)C[C@H]2C1)=C\C=C(/C)c1ccccn1. The Morgan fingerprint density at radius 3 is 2.40 bits per heavy atom. The van der Waals surface area contributed by atoms with Crippen LogP contribution in [0.5, 0.6) is 0 Å². The van der Waals surface area contributed by atoms with E-state index in [1.54, 1.807) is 24.4 Å². The molecule has 178 valence electrons. The summed E-state index contributed by atoms with van der Waals surface area (Å²) in [5.74, 6) is 0.657. The number of rotatable bonds is 5. The number of hydrogen-bond donors (Lipinski definition) is 1. The van der Waals surface area contributed by atoms with Gasteiger partial charge in [0.25, 0.3) is 5.91 Å². The molecule has 2 aliphatic rings. The van der Waals surface area contributed by atoms with Crippen LogP contribution in [0, 0.1) is 11.8 Å². The molecule has 2 aromatic heterocycles. The topological polar surface area (TPSA) is 95.1 Å². The fourth-order valence-electron chi connectivity index (χ4n) is 4.80. The van der Waals surface area contributed by atoms with E-state index < -0.39 is 0 Å². The number of H-pyrrole nitrogens is 1. The molecular formula is C27H28N6O2. The van der Waals surface area contributed by atoms with Crippen molar-refractivity contribution in [1.82, 2.24) is 30.2 Å². The highest BCUT2D eigenvalue weighted by Gasteiger charge is 2.42. The maximum absolute atomic E-state index is 13.0. The van der Waals surface area contributed by atoms with E-state index in [1.165, 1.54) is 0 Å². The van der Waals surface area contributed by atoms with Crippen LogP contribution in [-0.4, -0.2) is 68.2 Å². The van der Waals surface area contributed by atoms with Crippen molar-refractivity contribution in [2.45, 2.75) is 13.8 Å². The Hall–Kier alpha value is -4.07. The molecule has 0 unspecified atom stereocenters. The van der Waals surface area contributed by atoms with Crippen LogP contribution in [-0.2, 0) is 4.79 Å². The molecule has 0 spiro atoms. The third-order valence-electron chi connectivity index (χ3n) is 6.80. The molecule has 2 amide bonds. The van der Waals surface area contributed by atoms with Gasteiger partial charge in [-0.1, -0.05) is 29.9 Å². The van der Waals surface area contributed by atoms with Gasteiger partial charge in [-0.15, -0.1) is 0 Å². The highest BCUT2D eigenvalue weighted by molar-refractivity contribution is 5.97. The average molecular weight is 469 g/mol. The molecule has 3 aromatic rings. The first-order chi connectivity index (χ1) is 17.0. The predicted octanol–water partition coefficient (Wildman–Crippen LogP) is 3.49. The van der Waals surface area contributed by atoms with E-state index in [-0.39, 0.29) is 11.8 Å². The van der Waals surface area contributed by atoms with Gasteiger partial charge >= 0.3 is 0 Å². The number of carbonyl (C=O) groups is 2. The standard InChI is InChI=1S/C27H28N6O2/c1-18(6-8-19(2)23-5-3-4-12-28-23)7-11-26(34)32-14-21-16-33(17-22(21)15-32)27(35)20-9-10-24-25(13-20)30-31-29-24/h3-13,21-22H,14-17H2,1-2H3,(H,29,30,31)/b11-7+,18-6+,19-8+/t21-,22-/m1/s1. The maximum atomic E-state index is 13.0. The summed E-state index contributed by atoms with van der Waals surface area (Å²) in [4.78, 5) is 33.9. The molecule has 0 saturated carbocycles. The van der Waals surface area contributed by atoms with Crippen LogP contribution in [0.25, 0.3) is 16.6 Å². The van der Waals surface area contributed by atoms with Crippen molar-refractivity contribution in [3.8, 4) is 0 Å². The molecule has 0 radical (unpaired) electrons. The van der Waals surface area contributed by atoms with Crippen LogP contribution >= 0.6 is 0 Å². The first-order valence-electron chi connectivity index (χ1n) is 11.8. The van der Waals surface area contributed by atoms with Crippen molar-refractivity contribution >= 4 is 28.4 Å². The molecule has 2 fully saturated rings. The molecule has 8 heteroatoms. The number of hydrogen-bond acceptors (Lipinski definition) is 5. The van der Waals surface area contributed by atoms with E-state index in [4.69, 9.17) is 0 Å². The van der Waals surface area contributed by atoms with Gasteiger partial charge in [-0.2, -0.15) is 15.4 Å². The minimum atomic E-state index is 0.0110. The van der Waals surface area contributed by atoms with Crippen LogP contribution < -0.4 is 0 Å². The zero-order valence-corrected chi connectivity index (χ0v) is 19.9. The summed E-state index contributed by atoms with van der Waals surface area (Å²) in [6.07, 6.45) is 9.28. The summed E-state index contributed by atoms with van der Waals surface area (Å²) in [5, 5.41) is 10.7. The lowest BCUT2D eigenvalue weighted by Gasteiger charge is -2.21. The van der Waals surface area contributed by atoms with Crippen LogP contribution in [0.4, 0.5) is 0 Å². The number of likely N-dealkylation sites (tertiary alicyclic amines) is 2.